The highest BCUT2D eigenvalue weighted by atomic mass is 32.1. The molecule has 1 aromatic heterocycles. The summed E-state index contributed by atoms with van der Waals surface area (Å²) in [5.74, 6) is -0.114. The van der Waals surface area contributed by atoms with Crippen molar-refractivity contribution in [2.45, 2.75) is 13.8 Å². The van der Waals surface area contributed by atoms with Crippen molar-refractivity contribution < 1.29 is 4.79 Å². The molecule has 29 heavy (non-hydrogen) atoms. The Bertz CT molecular complexity index is 978. The van der Waals surface area contributed by atoms with Crippen LogP contribution in [0.1, 0.15) is 22.2 Å². The van der Waals surface area contributed by atoms with Crippen LogP contribution in [0.15, 0.2) is 54.7 Å². The van der Waals surface area contributed by atoms with E-state index in [0.29, 0.717) is 4.88 Å². The average molecular weight is 407 g/mol. The molecule has 1 saturated heterocycles. The second kappa shape index (κ2) is 8.76. The summed E-state index contributed by atoms with van der Waals surface area (Å²) in [6.07, 6.45) is 1.65. The molecule has 1 amide bonds. The molecule has 4 rings (SSSR count). The van der Waals surface area contributed by atoms with Crippen molar-refractivity contribution in [1.29, 1.82) is 0 Å². The monoisotopic (exact) mass is 406 g/mol. The molecule has 1 N–H and O–H groups in total. The number of nitrogens with zero attached hydrogens (tertiary/aromatic N) is 3. The Morgan fingerprint density at radius 3 is 2.55 bits per heavy atom. The Kier molecular flexibility index (Phi) is 5.92. The molecule has 1 fully saturated rings. The number of hydrogen-bond acceptors (Lipinski definition) is 5. The lowest BCUT2D eigenvalue weighted by molar-refractivity contribution is 0.103. The van der Waals surface area contributed by atoms with Crippen LogP contribution in [0.5, 0.6) is 0 Å². The summed E-state index contributed by atoms with van der Waals surface area (Å²) >= 11 is 1.41. The second-order valence-corrected chi connectivity index (χ2v) is 8.30. The molecule has 5 nitrogen and oxygen atoms in total. The first kappa shape index (κ1) is 19.6. The van der Waals surface area contributed by atoms with Crippen molar-refractivity contribution in [3.63, 3.8) is 0 Å². The Morgan fingerprint density at radius 2 is 1.86 bits per heavy atom. The third-order valence-corrected chi connectivity index (χ3v) is 6.44. The van der Waals surface area contributed by atoms with Gasteiger partial charge in [0.1, 0.15) is 9.88 Å². The van der Waals surface area contributed by atoms with Crippen LogP contribution >= 0.6 is 11.3 Å². The first-order chi connectivity index (χ1) is 14.1. The molecule has 1 aliphatic heterocycles. The first-order valence-electron chi connectivity index (χ1n) is 10.0. The van der Waals surface area contributed by atoms with Crippen LogP contribution in [0.3, 0.4) is 0 Å². The van der Waals surface area contributed by atoms with E-state index in [0.717, 1.165) is 54.5 Å². The number of hydrogen-bond donors (Lipinski definition) is 1. The molecule has 0 aliphatic carbocycles. The molecule has 0 saturated carbocycles. The summed E-state index contributed by atoms with van der Waals surface area (Å²) in [5.41, 5.74) is 4.17. The molecule has 0 spiro atoms. The Labute approximate surface area is 176 Å². The minimum absolute atomic E-state index is 0.114. The number of likely N-dealkylation sites (N-methyl/N-ethyl adjacent to an activating group) is 1. The van der Waals surface area contributed by atoms with Crippen LogP contribution in [-0.2, 0) is 0 Å². The highest BCUT2D eigenvalue weighted by Crippen LogP contribution is 2.27. The molecule has 0 radical (unpaired) electrons. The molecule has 3 aromatic rings. The van der Waals surface area contributed by atoms with E-state index in [9.17, 15) is 4.79 Å². The van der Waals surface area contributed by atoms with E-state index >= 15 is 0 Å². The number of aryl methyl sites for hydroxylation is 1. The summed E-state index contributed by atoms with van der Waals surface area (Å²) in [4.78, 5) is 22.6. The zero-order chi connectivity index (χ0) is 20.2. The van der Waals surface area contributed by atoms with Crippen LogP contribution < -0.4 is 10.2 Å². The summed E-state index contributed by atoms with van der Waals surface area (Å²) in [6.45, 7) is 9.66. The number of thiazole rings is 1. The highest BCUT2D eigenvalue weighted by Gasteiger charge is 2.17. The molecular weight excluding hydrogens is 380 g/mol. The molecular formula is C23H26N4OS. The number of amides is 1. The fourth-order valence-corrected chi connectivity index (χ4v) is 4.40. The highest BCUT2D eigenvalue weighted by molar-refractivity contribution is 7.17. The van der Waals surface area contributed by atoms with Crippen LogP contribution in [0.2, 0.25) is 0 Å². The number of aromatic nitrogens is 1. The van der Waals surface area contributed by atoms with Gasteiger partial charge in [0.25, 0.3) is 5.91 Å². The van der Waals surface area contributed by atoms with Crippen LogP contribution in [0.4, 0.5) is 11.4 Å². The van der Waals surface area contributed by atoms with Gasteiger partial charge in [-0.15, -0.1) is 11.3 Å². The van der Waals surface area contributed by atoms with Gasteiger partial charge in [-0.1, -0.05) is 37.3 Å². The fourth-order valence-electron chi connectivity index (χ4n) is 3.58. The Balaban J connectivity index is 1.43. The molecule has 0 bridgehead atoms. The van der Waals surface area contributed by atoms with E-state index in [2.05, 4.69) is 39.2 Å². The van der Waals surface area contributed by atoms with Crippen LogP contribution in [0.25, 0.3) is 10.6 Å². The number of carbonyl (C=O) groups excluding carboxylic acids is 1. The maximum absolute atomic E-state index is 12.7. The predicted octanol–water partition coefficient (Wildman–Crippen LogP) is 4.51. The van der Waals surface area contributed by atoms with Crippen LogP contribution in [-0.4, -0.2) is 48.5 Å². The zero-order valence-corrected chi connectivity index (χ0v) is 17.7. The van der Waals surface area contributed by atoms with Gasteiger partial charge in [0.15, 0.2) is 0 Å². The topological polar surface area (TPSA) is 48.5 Å². The summed E-state index contributed by atoms with van der Waals surface area (Å²) in [6, 6.07) is 16.2. The van der Waals surface area contributed by atoms with Gasteiger partial charge >= 0.3 is 0 Å². The average Bonchev–Trinajstić information content (AvgIpc) is 3.26. The molecule has 6 heteroatoms. The van der Waals surface area contributed by atoms with Gasteiger partial charge in [-0.3, -0.25) is 4.79 Å². The maximum Gasteiger partial charge on any atom is 0.267 e. The number of piperazine rings is 1. The van der Waals surface area contributed by atoms with Gasteiger partial charge in [-0.2, -0.15) is 0 Å². The second-order valence-electron chi connectivity index (χ2n) is 7.27. The van der Waals surface area contributed by atoms with Gasteiger partial charge in [0.05, 0.1) is 6.20 Å². The number of anilines is 2. The molecule has 2 aromatic carbocycles. The Hall–Kier alpha value is -2.70. The third-order valence-electron chi connectivity index (χ3n) is 5.39. The van der Waals surface area contributed by atoms with E-state index < -0.39 is 0 Å². The lowest BCUT2D eigenvalue weighted by atomic mass is 10.1. The summed E-state index contributed by atoms with van der Waals surface area (Å²) in [5, 5.41) is 3.90. The quantitative estimate of drug-likeness (QED) is 0.677. The maximum atomic E-state index is 12.7. The standard InChI is InChI=1S/C23H26N4OS/c1-3-26-11-13-27(14-12-26)19-9-10-20(17(2)15-19)25-22(28)21-16-24-23(29-21)18-7-5-4-6-8-18/h4-10,15-16H,3,11-14H2,1-2H3,(H,25,28). The molecule has 0 atom stereocenters. The van der Waals surface area contributed by atoms with Crippen molar-refractivity contribution in [2.75, 3.05) is 42.9 Å². The van der Waals surface area contributed by atoms with Crippen molar-refractivity contribution in [2.24, 2.45) is 0 Å². The summed E-state index contributed by atoms with van der Waals surface area (Å²) in [7, 11) is 0. The van der Waals surface area contributed by atoms with Crippen LogP contribution in [0, 0.1) is 6.92 Å². The Morgan fingerprint density at radius 1 is 1.10 bits per heavy atom. The normalized spacial score (nSPS) is 14.8. The first-order valence-corrected chi connectivity index (χ1v) is 10.9. The van der Waals surface area contributed by atoms with Crippen molar-refractivity contribution in [3.05, 3.63) is 65.2 Å². The predicted molar refractivity (Wildman–Crippen MR) is 121 cm³/mol. The van der Waals surface area contributed by atoms with Gasteiger partial charge in [0, 0.05) is 43.1 Å². The van der Waals surface area contributed by atoms with Gasteiger partial charge < -0.3 is 15.1 Å². The van der Waals surface area contributed by atoms with Crippen molar-refractivity contribution in [1.82, 2.24) is 9.88 Å². The number of benzene rings is 2. The van der Waals surface area contributed by atoms with Gasteiger partial charge in [-0.25, -0.2) is 4.98 Å². The fraction of sp³-hybridized carbons (Fsp3) is 0.304. The van der Waals surface area contributed by atoms with E-state index in [4.69, 9.17) is 0 Å². The number of nitrogens with one attached hydrogen (secondary N) is 1. The van der Waals surface area contributed by atoms with Crippen molar-refractivity contribution >= 4 is 28.6 Å². The smallest absolute Gasteiger partial charge is 0.267 e. The van der Waals surface area contributed by atoms with Gasteiger partial charge in [-0.05, 0) is 37.2 Å². The zero-order valence-electron chi connectivity index (χ0n) is 16.9. The SMILES string of the molecule is CCN1CCN(c2ccc(NC(=O)c3cnc(-c4ccccc4)s3)c(C)c2)CC1. The number of rotatable bonds is 5. The lowest BCUT2D eigenvalue weighted by Gasteiger charge is -2.35. The lowest BCUT2D eigenvalue weighted by Crippen LogP contribution is -2.46. The largest absolute Gasteiger partial charge is 0.369 e. The van der Waals surface area contributed by atoms with E-state index in [1.807, 2.05) is 43.3 Å². The molecule has 2 heterocycles. The number of carbonyl (C=O) groups is 1. The van der Waals surface area contributed by atoms with Crippen molar-refractivity contribution in [3.8, 4) is 10.6 Å². The summed E-state index contributed by atoms with van der Waals surface area (Å²) < 4.78 is 0. The molecule has 150 valence electrons. The minimum Gasteiger partial charge on any atom is -0.369 e. The molecule has 0 unspecified atom stereocenters. The van der Waals surface area contributed by atoms with E-state index in [1.54, 1.807) is 6.20 Å². The minimum atomic E-state index is -0.114. The molecule has 1 aliphatic rings. The van der Waals surface area contributed by atoms with E-state index in [1.165, 1.54) is 17.0 Å². The van der Waals surface area contributed by atoms with Gasteiger partial charge in [0.2, 0.25) is 0 Å². The third kappa shape index (κ3) is 4.49. The van der Waals surface area contributed by atoms with E-state index in [-0.39, 0.29) is 5.91 Å².